The summed E-state index contributed by atoms with van der Waals surface area (Å²) in [5.41, 5.74) is 3.03. The number of rotatable bonds is 4. The molecule has 6 nitrogen and oxygen atoms in total. The number of amides is 1. The Bertz CT molecular complexity index is 1110. The lowest BCUT2D eigenvalue weighted by Crippen LogP contribution is -2.48. The Kier molecular flexibility index (Phi) is 5.77. The highest BCUT2D eigenvalue weighted by atomic mass is 19.1. The Balaban J connectivity index is 1.70. The number of halogens is 1. The molecule has 1 aromatic heterocycles. The Morgan fingerprint density at radius 1 is 1.09 bits per heavy atom. The van der Waals surface area contributed by atoms with Crippen LogP contribution in [0.5, 0.6) is 0 Å². The summed E-state index contributed by atoms with van der Waals surface area (Å²) in [5.74, 6) is 0.931. The molecule has 2 N–H and O–H groups in total. The van der Waals surface area contributed by atoms with Crippen molar-refractivity contribution in [2.75, 3.05) is 11.9 Å². The number of aryl methyl sites for hydroxylation is 1. The summed E-state index contributed by atoms with van der Waals surface area (Å²) in [6.07, 6.45) is -1.08. The number of anilines is 2. The Morgan fingerprint density at radius 2 is 1.75 bits per heavy atom. The van der Waals surface area contributed by atoms with E-state index in [1.165, 1.54) is 12.1 Å². The van der Waals surface area contributed by atoms with Crippen LogP contribution in [0.25, 0.3) is 11.3 Å². The fourth-order valence-electron chi connectivity index (χ4n) is 3.77. The van der Waals surface area contributed by atoms with Crippen molar-refractivity contribution in [2.24, 2.45) is 5.41 Å². The zero-order valence-corrected chi connectivity index (χ0v) is 18.9. The monoisotopic (exact) mass is 436 g/mol. The lowest BCUT2D eigenvalue weighted by Gasteiger charge is -2.33. The van der Waals surface area contributed by atoms with Gasteiger partial charge in [-0.15, -0.1) is 0 Å². The smallest absolute Gasteiger partial charge is 0.252 e. The van der Waals surface area contributed by atoms with Gasteiger partial charge in [-0.05, 0) is 48.7 Å². The summed E-state index contributed by atoms with van der Waals surface area (Å²) in [4.78, 5) is 19.3. The molecule has 2 aromatic carbocycles. The van der Waals surface area contributed by atoms with Crippen molar-refractivity contribution in [3.63, 3.8) is 0 Å². The first kappa shape index (κ1) is 22.0. The van der Waals surface area contributed by atoms with E-state index >= 15 is 0 Å². The van der Waals surface area contributed by atoms with Crippen molar-refractivity contribution in [3.8, 4) is 11.3 Å². The summed E-state index contributed by atoms with van der Waals surface area (Å²) < 4.78 is 15.6. The maximum absolute atomic E-state index is 13.5. The van der Waals surface area contributed by atoms with Gasteiger partial charge in [0.15, 0.2) is 0 Å². The van der Waals surface area contributed by atoms with E-state index in [0.717, 1.165) is 28.5 Å². The fraction of sp³-hybridized carbons (Fsp3) is 0.360. The predicted octanol–water partition coefficient (Wildman–Crippen LogP) is 4.49. The molecule has 4 rings (SSSR count). The SMILES string of the molecule is Cc1ccc(Nc2c(-c3ccc(F)cc3)nc3n2CCN(C(=O)[C@@H](O)C(C)(C)C)C3)cc1. The molecule has 1 aliphatic heterocycles. The Labute approximate surface area is 187 Å². The fourth-order valence-corrected chi connectivity index (χ4v) is 3.77. The van der Waals surface area contributed by atoms with Gasteiger partial charge in [-0.25, -0.2) is 9.37 Å². The molecule has 0 bridgehead atoms. The van der Waals surface area contributed by atoms with Crippen LogP contribution in [0.1, 0.15) is 32.2 Å². The zero-order valence-electron chi connectivity index (χ0n) is 18.9. The quantitative estimate of drug-likeness (QED) is 0.632. The van der Waals surface area contributed by atoms with Crippen LogP contribution in [0.2, 0.25) is 0 Å². The van der Waals surface area contributed by atoms with Crippen LogP contribution in [-0.2, 0) is 17.9 Å². The summed E-state index contributed by atoms with van der Waals surface area (Å²) >= 11 is 0. The second-order valence-corrected chi connectivity index (χ2v) is 9.40. The molecule has 7 heteroatoms. The van der Waals surface area contributed by atoms with E-state index in [0.29, 0.717) is 25.3 Å². The molecule has 0 saturated carbocycles. The van der Waals surface area contributed by atoms with Crippen LogP contribution in [0.15, 0.2) is 48.5 Å². The van der Waals surface area contributed by atoms with Crippen molar-refractivity contribution in [3.05, 3.63) is 65.7 Å². The molecule has 2 heterocycles. The van der Waals surface area contributed by atoms with Crippen LogP contribution in [-0.4, -0.2) is 38.1 Å². The Morgan fingerprint density at radius 3 is 2.38 bits per heavy atom. The van der Waals surface area contributed by atoms with Crippen molar-refractivity contribution in [1.82, 2.24) is 14.5 Å². The van der Waals surface area contributed by atoms with Gasteiger partial charge >= 0.3 is 0 Å². The lowest BCUT2D eigenvalue weighted by atomic mass is 9.88. The van der Waals surface area contributed by atoms with Crippen molar-refractivity contribution in [2.45, 2.75) is 46.9 Å². The first-order chi connectivity index (χ1) is 15.1. The van der Waals surface area contributed by atoms with Gasteiger partial charge in [0, 0.05) is 24.3 Å². The van der Waals surface area contributed by atoms with Gasteiger partial charge in [0.1, 0.15) is 29.3 Å². The molecule has 0 spiro atoms. The first-order valence-electron chi connectivity index (χ1n) is 10.8. The van der Waals surface area contributed by atoms with E-state index in [4.69, 9.17) is 4.98 Å². The van der Waals surface area contributed by atoms with E-state index in [-0.39, 0.29) is 11.7 Å². The van der Waals surface area contributed by atoms with Crippen LogP contribution in [0, 0.1) is 18.2 Å². The number of carbonyl (C=O) groups is 1. The molecule has 1 aliphatic rings. The number of aliphatic hydroxyl groups is 1. The molecule has 0 radical (unpaired) electrons. The predicted molar refractivity (Wildman–Crippen MR) is 123 cm³/mol. The molecule has 1 amide bonds. The number of aliphatic hydroxyl groups excluding tert-OH is 1. The highest BCUT2D eigenvalue weighted by Gasteiger charge is 2.35. The minimum atomic E-state index is -1.08. The third kappa shape index (κ3) is 4.39. The van der Waals surface area contributed by atoms with E-state index in [2.05, 4.69) is 9.88 Å². The van der Waals surface area contributed by atoms with Gasteiger partial charge in [0.25, 0.3) is 5.91 Å². The van der Waals surface area contributed by atoms with E-state index < -0.39 is 11.5 Å². The number of nitrogens with zero attached hydrogens (tertiary/aromatic N) is 3. The molecule has 168 valence electrons. The third-order valence-corrected chi connectivity index (χ3v) is 5.77. The van der Waals surface area contributed by atoms with Gasteiger partial charge in [0.05, 0.1) is 6.54 Å². The number of benzene rings is 2. The average molecular weight is 437 g/mol. The molecule has 0 fully saturated rings. The molecular formula is C25H29FN4O2. The lowest BCUT2D eigenvalue weighted by molar-refractivity contribution is -0.147. The van der Waals surface area contributed by atoms with Crippen molar-refractivity contribution >= 4 is 17.4 Å². The number of hydrogen-bond acceptors (Lipinski definition) is 4. The minimum absolute atomic E-state index is 0.289. The number of aromatic nitrogens is 2. The maximum Gasteiger partial charge on any atom is 0.252 e. The van der Waals surface area contributed by atoms with Crippen LogP contribution in [0.3, 0.4) is 0 Å². The van der Waals surface area contributed by atoms with Crippen molar-refractivity contribution in [1.29, 1.82) is 0 Å². The molecule has 0 unspecified atom stereocenters. The van der Waals surface area contributed by atoms with E-state index in [9.17, 15) is 14.3 Å². The molecule has 0 saturated heterocycles. The van der Waals surface area contributed by atoms with Crippen LogP contribution in [0.4, 0.5) is 15.9 Å². The summed E-state index contributed by atoms with van der Waals surface area (Å²) in [7, 11) is 0. The number of carbonyl (C=O) groups excluding carboxylic acids is 1. The second kappa shape index (κ2) is 8.39. The summed E-state index contributed by atoms with van der Waals surface area (Å²) in [6, 6.07) is 14.3. The van der Waals surface area contributed by atoms with Crippen molar-refractivity contribution < 1.29 is 14.3 Å². The van der Waals surface area contributed by atoms with E-state index in [1.54, 1.807) is 17.0 Å². The standard InChI is InChI=1S/C25H29FN4O2/c1-16-5-11-19(12-6-16)27-23-21(17-7-9-18(26)10-8-17)28-20-15-29(13-14-30(20)23)24(32)22(31)25(2,3)4/h5-12,22,27,31H,13-15H2,1-4H3/t22-/m1/s1. The number of fused-ring (bicyclic) bond motifs is 1. The Hall–Kier alpha value is -3.19. The molecule has 3 aromatic rings. The number of nitrogens with one attached hydrogen (secondary N) is 1. The minimum Gasteiger partial charge on any atom is -0.383 e. The van der Waals surface area contributed by atoms with Gasteiger partial charge in [-0.1, -0.05) is 38.5 Å². The number of hydrogen-bond donors (Lipinski definition) is 2. The first-order valence-corrected chi connectivity index (χ1v) is 10.8. The number of imidazole rings is 1. The second-order valence-electron chi connectivity index (χ2n) is 9.40. The van der Waals surface area contributed by atoms with E-state index in [1.807, 2.05) is 52.0 Å². The van der Waals surface area contributed by atoms with Gasteiger partial charge in [0.2, 0.25) is 0 Å². The largest absolute Gasteiger partial charge is 0.383 e. The third-order valence-electron chi connectivity index (χ3n) is 5.77. The molecule has 32 heavy (non-hydrogen) atoms. The van der Waals surface area contributed by atoms with Gasteiger partial charge < -0.3 is 19.9 Å². The summed E-state index contributed by atoms with van der Waals surface area (Å²) in [6.45, 7) is 8.88. The summed E-state index contributed by atoms with van der Waals surface area (Å²) in [5, 5.41) is 13.9. The highest BCUT2D eigenvalue weighted by molar-refractivity contribution is 5.82. The normalized spacial score (nSPS) is 14.8. The van der Waals surface area contributed by atoms with Gasteiger partial charge in [-0.3, -0.25) is 4.79 Å². The highest BCUT2D eigenvalue weighted by Crippen LogP contribution is 2.34. The van der Waals surface area contributed by atoms with Crippen LogP contribution < -0.4 is 5.32 Å². The maximum atomic E-state index is 13.5. The average Bonchev–Trinajstić information content (AvgIpc) is 3.11. The topological polar surface area (TPSA) is 70.4 Å². The van der Waals surface area contributed by atoms with Crippen LogP contribution >= 0.6 is 0 Å². The molecule has 1 atom stereocenters. The molecular weight excluding hydrogens is 407 g/mol. The zero-order chi connectivity index (χ0) is 23.0. The molecule has 0 aliphatic carbocycles. The van der Waals surface area contributed by atoms with Gasteiger partial charge in [-0.2, -0.15) is 0 Å².